The normalized spacial score (nSPS) is 21.1. The molecule has 2 fully saturated rings. The summed E-state index contributed by atoms with van der Waals surface area (Å²) in [6.45, 7) is 7.14. The van der Waals surface area contributed by atoms with Crippen LogP contribution >= 0.6 is 11.3 Å². The van der Waals surface area contributed by atoms with E-state index in [0.29, 0.717) is 43.1 Å². The fourth-order valence-corrected chi connectivity index (χ4v) is 5.32. The molecule has 2 aromatic heterocycles. The highest BCUT2D eigenvalue weighted by molar-refractivity contribution is 7.10. The summed E-state index contributed by atoms with van der Waals surface area (Å²) in [6.07, 6.45) is 0. The molecule has 0 spiro atoms. The van der Waals surface area contributed by atoms with Crippen LogP contribution in [0.3, 0.4) is 0 Å². The Morgan fingerprint density at radius 2 is 2.00 bits per heavy atom. The van der Waals surface area contributed by atoms with E-state index in [-0.39, 0.29) is 17.0 Å². The van der Waals surface area contributed by atoms with Crippen LogP contribution in [0.1, 0.15) is 38.2 Å². The molecule has 10 heteroatoms. The lowest BCUT2D eigenvalue weighted by atomic mass is 9.97. The molecule has 2 aliphatic rings. The van der Waals surface area contributed by atoms with Crippen molar-refractivity contribution in [2.45, 2.75) is 19.9 Å². The summed E-state index contributed by atoms with van der Waals surface area (Å²) < 4.78 is 10.2. The highest BCUT2D eigenvalue weighted by atomic mass is 32.1. The monoisotopic (exact) mass is 473 g/mol. The quantitative estimate of drug-likeness (QED) is 0.286. The molecule has 0 bridgehead atoms. The Labute approximate surface area is 195 Å². The lowest BCUT2D eigenvalue weighted by Crippen LogP contribution is -2.42. The minimum atomic E-state index is -0.729. The number of aryl methyl sites for hydroxylation is 1. The number of morpholine rings is 1. The number of H-pyrrole nitrogens is 1. The Bertz CT molecular complexity index is 1100. The van der Waals surface area contributed by atoms with E-state index in [1.165, 1.54) is 23.3 Å². The molecule has 9 nitrogen and oxygen atoms in total. The second-order valence-corrected chi connectivity index (χ2v) is 9.06. The number of rotatable bonds is 6. The number of carbonyl (C=O) groups excluding carboxylic acids is 3. The van der Waals surface area contributed by atoms with Crippen molar-refractivity contribution in [3.63, 3.8) is 0 Å². The molecule has 4 rings (SSSR count). The van der Waals surface area contributed by atoms with Crippen molar-refractivity contribution in [1.82, 2.24) is 14.8 Å². The Morgan fingerprint density at radius 1 is 1.27 bits per heavy atom. The van der Waals surface area contributed by atoms with Gasteiger partial charge in [0.1, 0.15) is 11.5 Å². The number of carbonyl (C=O) groups is 3. The topological polar surface area (TPSA) is 112 Å². The third kappa shape index (κ3) is 4.21. The molecular formula is C23H27N3O6S. The van der Waals surface area contributed by atoms with Crippen LogP contribution in [0.25, 0.3) is 5.76 Å². The van der Waals surface area contributed by atoms with Gasteiger partial charge in [0, 0.05) is 42.3 Å². The smallest absolute Gasteiger partial charge is 0.354 e. The zero-order chi connectivity index (χ0) is 23.7. The minimum absolute atomic E-state index is 0.0334. The number of amides is 1. The van der Waals surface area contributed by atoms with Crippen LogP contribution in [-0.2, 0) is 19.1 Å². The average Bonchev–Trinajstić information content (AvgIpc) is 3.51. The lowest BCUT2D eigenvalue weighted by Gasteiger charge is -2.30. The van der Waals surface area contributed by atoms with E-state index in [1.807, 2.05) is 17.5 Å². The van der Waals surface area contributed by atoms with Crippen molar-refractivity contribution < 1.29 is 29.0 Å². The number of aromatic nitrogens is 1. The van der Waals surface area contributed by atoms with Crippen LogP contribution in [0.5, 0.6) is 0 Å². The van der Waals surface area contributed by atoms with Gasteiger partial charge in [-0.2, -0.15) is 0 Å². The van der Waals surface area contributed by atoms with Crippen LogP contribution in [0.2, 0.25) is 0 Å². The van der Waals surface area contributed by atoms with Crippen molar-refractivity contribution in [1.29, 1.82) is 0 Å². The molecule has 2 aliphatic heterocycles. The molecule has 4 heterocycles. The fourth-order valence-electron chi connectivity index (χ4n) is 4.47. The predicted octanol–water partition coefficient (Wildman–Crippen LogP) is 2.23. The first-order valence-electron chi connectivity index (χ1n) is 10.7. The molecule has 2 saturated heterocycles. The summed E-state index contributed by atoms with van der Waals surface area (Å²) in [5.41, 5.74) is 1.54. The van der Waals surface area contributed by atoms with Crippen molar-refractivity contribution in [2.75, 3.05) is 46.5 Å². The number of nitrogens with zero attached hydrogens (tertiary/aromatic N) is 2. The molecule has 1 atom stereocenters. The van der Waals surface area contributed by atoms with Crippen LogP contribution in [0.15, 0.2) is 23.1 Å². The Morgan fingerprint density at radius 3 is 2.64 bits per heavy atom. The Hall–Kier alpha value is -2.95. The minimum Gasteiger partial charge on any atom is -0.507 e. The van der Waals surface area contributed by atoms with E-state index in [9.17, 15) is 19.5 Å². The maximum atomic E-state index is 13.2. The van der Waals surface area contributed by atoms with Crippen LogP contribution in [0, 0.1) is 13.8 Å². The van der Waals surface area contributed by atoms with E-state index in [4.69, 9.17) is 9.47 Å². The molecule has 176 valence electrons. The Kier molecular flexibility index (Phi) is 6.68. The van der Waals surface area contributed by atoms with Gasteiger partial charge >= 0.3 is 5.97 Å². The summed E-state index contributed by atoms with van der Waals surface area (Å²) in [4.78, 5) is 45.8. The first-order valence-corrected chi connectivity index (χ1v) is 11.6. The molecule has 0 aromatic carbocycles. The number of Topliss-reactive ketones (excluding diaryl/α,β-unsaturated/α-hetero) is 1. The fraction of sp³-hybridized carbons (Fsp3) is 0.435. The highest BCUT2D eigenvalue weighted by Crippen LogP contribution is 2.42. The summed E-state index contributed by atoms with van der Waals surface area (Å²) in [6, 6.07) is 3.01. The number of aliphatic hydroxyl groups excluding tert-OH is 1. The zero-order valence-electron chi connectivity index (χ0n) is 18.8. The molecule has 0 saturated carbocycles. The first-order chi connectivity index (χ1) is 15.8. The summed E-state index contributed by atoms with van der Waals surface area (Å²) in [5.74, 6) is -2.23. The molecule has 0 radical (unpaired) electrons. The van der Waals surface area contributed by atoms with Crippen molar-refractivity contribution in [3.05, 3.63) is 50.5 Å². The number of likely N-dealkylation sites (tertiary alicyclic amines) is 1. The molecule has 0 aliphatic carbocycles. The number of hydrogen-bond donors (Lipinski definition) is 2. The summed E-state index contributed by atoms with van der Waals surface area (Å²) in [5, 5.41) is 13.2. The number of esters is 1. The molecule has 2 N–H and O–H groups in total. The van der Waals surface area contributed by atoms with Crippen molar-refractivity contribution >= 4 is 34.8 Å². The highest BCUT2D eigenvalue weighted by Gasteiger charge is 2.47. The van der Waals surface area contributed by atoms with Crippen LogP contribution in [-0.4, -0.2) is 84.1 Å². The predicted molar refractivity (Wildman–Crippen MR) is 122 cm³/mol. The summed E-state index contributed by atoms with van der Waals surface area (Å²) in [7, 11) is 1.27. The van der Waals surface area contributed by atoms with Gasteiger partial charge in [-0.3, -0.25) is 14.5 Å². The van der Waals surface area contributed by atoms with Gasteiger partial charge in [-0.1, -0.05) is 6.07 Å². The number of thiophene rings is 1. The molecule has 2 aromatic rings. The van der Waals surface area contributed by atoms with Gasteiger partial charge < -0.3 is 24.5 Å². The number of aromatic amines is 1. The van der Waals surface area contributed by atoms with Crippen LogP contribution < -0.4 is 0 Å². The van der Waals surface area contributed by atoms with Gasteiger partial charge in [-0.15, -0.1) is 11.3 Å². The van der Waals surface area contributed by atoms with E-state index < -0.39 is 23.7 Å². The average molecular weight is 474 g/mol. The SMILES string of the molecule is COC(=O)c1[nH]c(C)c(/C(O)=C2\C(=O)C(=O)N(CCN3CCOCC3)[C@H]2c2cccs2)c1C. The zero-order valence-corrected chi connectivity index (χ0v) is 19.7. The maximum Gasteiger partial charge on any atom is 0.354 e. The first kappa shape index (κ1) is 23.2. The van der Waals surface area contributed by atoms with Gasteiger partial charge in [0.15, 0.2) is 0 Å². The van der Waals surface area contributed by atoms with E-state index >= 15 is 0 Å². The van der Waals surface area contributed by atoms with Crippen LogP contribution in [0.4, 0.5) is 0 Å². The number of ether oxygens (including phenoxy) is 2. The molecule has 0 unspecified atom stereocenters. The van der Waals surface area contributed by atoms with E-state index in [1.54, 1.807) is 13.8 Å². The molecular weight excluding hydrogens is 446 g/mol. The second kappa shape index (κ2) is 9.50. The number of hydrogen-bond acceptors (Lipinski definition) is 8. The van der Waals surface area contributed by atoms with Crippen molar-refractivity contribution in [3.8, 4) is 0 Å². The standard InChI is InChI=1S/C23H27N3O6S/c1-13-16(14(2)24-18(13)23(30)31-3)20(27)17-19(15-5-4-12-33-15)26(22(29)21(17)28)7-6-25-8-10-32-11-9-25/h4-5,12,19,24,27H,6-11H2,1-3H3/b20-17+/t19-/m0/s1. The Balaban J connectivity index is 1.75. The number of aliphatic hydroxyl groups is 1. The third-order valence-electron chi connectivity index (χ3n) is 6.18. The van der Waals surface area contributed by atoms with Gasteiger partial charge in [0.05, 0.1) is 31.9 Å². The number of ketones is 1. The maximum absolute atomic E-state index is 13.2. The van der Waals surface area contributed by atoms with E-state index in [2.05, 4.69) is 9.88 Å². The molecule has 33 heavy (non-hydrogen) atoms. The van der Waals surface area contributed by atoms with E-state index in [0.717, 1.165) is 18.0 Å². The number of nitrogens with one attached hydrogen (secondary N) is 1. The van der Waals surface area contributed by atoms with Gasteiger partial charge in [0.25, 0.3) is 11.7 Å². The molecule has 1 amide bonds. The van der Waals surface area contributed by atoms with Gasteiger partial charge in [-0.25, -0.2) is 4.79 Å². The number of methoxy groups -OCH3 is 1. The van der Waals surface area contributed by atoms with Gasteiger partial charge in [0.2, 0.25) is 0 Å². The summed E-state index contributed by atoms with van der Waals surface area (Å²) >= 11 is 1.42. The largest absolute Gasteiger partial charge is 0.507 e. The second-order valence-electron chi connectivity index (χ2n) is 8.08. The lowest BCUT2D eigenvalue weighted by molar-refractivity contribution is -0.140. The van der Waals surface area contributed by atoms with Gasteiger partial charge in [-0.05, 0) is 30.9 Å². The third-order valence-corrected chi connectivity index (χ3v) is 7.10. The van der Waals surface area contributed by atoms with Crippen molar-refractivity contribution in [2.24, 2.45) is 0 Å².